The smallest absolute Gasteiger partial charge is 0.134 e. The molecule has 2 aromatic heterocycles. The predicted octanol–water partition coefficient (Wildman–Crippen LogP) is 2.97. The Hall–Kier alpha value is -2.07. The number of imidazole rings is 1. The summed E-state index contributed by atoms with van der Waals surface area (Å²) in [5.74, 6) is 1.02. The summed E-state index contributed by atoms with van der Waals surface area (Å²) in [6.07, 6.45) is 5.70. The minimum absolute atomic E-state index is 0.906. The Balaban J connectivity index is 1.86. The van der Waals surface area contributed by atoms with E-state index in [1.807, 2.05) is 31.4 Å². The summed E-state index contributed by atoms with van der Waals surface area (Å²) >= 11 is 0. The van der Waals surface area contributed by atoms with Crippen LogP contribution in [0.5, 0.6) is 0 Å². The molecule has 0 atom stereocenters. The van der Waals surface area contributed by atoms with Crippen molar-refractivity contribution in [3.63, 3.8) is 0 Å². The first kappa shape index (κ1) is 12.0. The maximum Gasteiger partial charge on any atom is 0.134 e. The highest BCUT2D eigenvalue weighted by Crippen LogP contribution is 2.29. The van der Waals surface area contributed by atoms with Gasteiger partial charge in [0.25, 0.3) is 0 Å². The Labute approximate surface area is 111 Å². The van der Waals surface area contributed by atoms with Crippen LogP contribution in [0.25, 0.3) is 22.2 Å². The second kappa shape index (κ2) is 5.28. The van der Waals surface area contributed by atoms with Crippen LogP contribution in [0.1, 0.15) is 12.2 Å². The number of furan rings is 1. The van der Waals surface area contributed by atoms with Crippen LogP contribution in [0.3, 0.4) is 0 Å². The summed E-state index contributed by atoms with van der Waals surface area (Å²) in [5.41, 5.74) is 3.00. The van der Waals surface area contributed by atoms with Crippen molar-refractivity contribution >= 4 is 11.0 Å². The number of aryl methyl sites for hydroxylation is 1. The van der Waals surface area contributed by atoms with Gasteiger partial charge in [0.05, 0.1) is 11.9 Å². The predicted molar refractivity (Wildman–Crippen MR) is 76.0 cm³/mol. The largest absolute Gasteiger partial charge is 0.464 e. The molecule has 0 saturated carbocycles. The topological polar surface area (TPSA) is 53.9 Å². The third kappa shape index (κ3) is 2.39. The van der Waals surface area contributed by atoms with Crippen molar-refractivity contribution in [2.75, 3.05) is 13.6 Å². The van der Waals surface area contributed by atoms with Crippen LogP contribution in [0.4, 0.5) is 0 Å². The molecule has 0 aliphatic carbocycles. The van der Waals surface area contributed by atoms with Crippen molar-refractivity contribution in [3.8, 4) is 11.3 Å². The molecule has 2 N–H and O–H groups in total. The standard InChI is InChI=1S/C15H17N3O/c1-16-8-4-7-15-17-9-13(18-15)12-10-19-14-6-3-2-5-11(12)14/h2-3,5-6,9-10,16H,4,7-8H2,1H3,(H,17,18). The molecule has 0 fully saturated rings. The summed E-state index contributed by atoms with van der Waals surface area (Å²) in [7, 11) is 1.96. The number of aromatic nitrogens is 2. The molecule has 0 unspecified atom stereocenters. The lowest BCUT2D eigenvalue weighted by Gasteiger charge is -1.97. The number of fused-ring (bicyclic) bond motifs is 1. The van der Waals surface area contributed by atoms with Gasteiger partial charge in [0.15, 0.2) is 0 Å². The third-order valence-corrected chi connectivity index (χ3v) is 3.24. The highest BCUT2D eigenvalue weighted by atomic mass is 16.3. The molecule has 0 spiro atoms. The van der Waals surface area contributed by atoms with Crippen molar-refractivity contribution in [1.82, 2.24) is 15.3 Å². The van der Waals surface area contributed by atoms with Crippen molar-refractivity contribution < 1.29 is 4.42 Å². The van der Waals surface area contributed by atoms with Gasteiger partial charge in [0.2, 0.25) is 0 Å². The average molecular weight is 255 g/mol. The van der Waals surface area contributed by atoms with Crippen molar-refractivity contribution in [2.24, 2.45) is 0 Å². The molecule has 1 aromatic carbocycles. The van der Waals surface area contributed by atoms with Crippen molar-refractivity contribution in [3.05, 3.63) is 42.5 Å². The van der Waals surface area contributed by atoms with Crippen molar-refractivity contribution in [1.29, 1.82) is 0 Å². The number of aromatic amines is 1. The zero-order valence-electron chi connectivity index (χ0n) is 10.9. The van der Waals surface area contributed by atoms with Gasteiger partial charge in [0, 0.05) is 17.4 Å². The van der Waals surface area contributed by atoms with Gasteiger partial charge in [0.1, 0.15) is 17.7 Å². The van der Waals surface area contributed by atoms with E-state index in [-0.39, 0.29) is 0 Å². The maximum absolute atomic E-state index is 5.55. The molecule has 0 aliphatic rings. The number of nitrogens with one attached hydrogen (secondary N) is 2. The van der Waals surface area contributed by atoms with Gasteiger partial charge in [-0.3, -0.25) is 0 Å². The highest BCUT2D eigenvalue weighted by Gasteiger charge is 2.09. The van der Waals surface area contributed by atoms with Gasteiger partial charge >= 0.3 is 0 Å². The van der Waals surface area contributed by atoms with Gasteiger partial charge in [-0.2, -0.15) is 0 Å². The molecular formula is C15H17N3O. The van der Waals surface area contributed by atoms with Crippen LogP contribution < -0.4 is 5.32 Å². The van der Waals surface area contributed by atoms with Gasteiger partial charge in [-0.15, -0.1) is 0 Å². The minimum Gasteiger partial charge on any atom is -0.464 e. The molecule has 19 heavy (non-hydrogen) atoms. The molecular weight excluding hydrogens is 238 g/mol. The van der Waals surface area contributed by atoms with E-state index in [0.29, 0.717) is 0 Å². The van der Waals surface area contributed by atoms with Crippen LogP contribution in [0.2, 0.25) is 0 Å². The average Bonchev–Trinajstić information content (AvgIpc) is 3.05. The molecule has 4 nitrogen and oxygen atoms in total. The zero-order valence-corrected chi connectivity index (χ0v) is 10.9. The molecule has 98 valence electrons. The van der Waals surface area contributed by atoms with E-state index in [1.54, 1.807) is 6.26 Å². The van der Waals surface area contributed by atoms with Crippen LogP contribution in [0, 0.1) is 0 Å². The molecule has 4 heteroatoms. The zero-order chi connectivity index (χ0) is 13.1. The summed E-state index contributed by atoms with van der Waals surface area (Å²) in [6, 6.07) is 8.04. The lowest BCUT2D eigenvalue weighted by molar-refractivity contribution is 0.617. The molecule has 0 bridgehead atoms. The van der Waals surface area contributed by atoms with E-state index >= 15 is 0 Å². The quantitative estimate of drug-likeness (QED) is 0.689. The van der Waals surface area contributed by atoms with E-state index < -0.39 is 0 Å². The monoisotopic (exact) mass is 255 g/mol. The van der Waals surface area contributed by atoms with E-state index in [2.05, 4.69) is 21.4 Å². The maximum atomic E-state index is 5.55. The summed E-state index contributed by atoms with van der Waals surface area (Å²) in [4.78, 5) is 7.79. The molecule has 3 aromatic rings. The summed E-state index contributed by atoms with van der Waals surface area (Å²) in [5, 5.41) is 4.26. The van der Waals surface area contributed by atoms with Crippen molar-refractivity contribution in [2.45, 2.75) is 12.8 Å². The van der Waals surface area contributed by atoms with E-state index in [0.717, 1.165) is 47.4 Å². The number of hydrogen-bond donors (Lipinski definition) is 2. The third-order valence-electron chi connectivity index (χ3n) is 3.24. The number of hydrogen-bond acceptors (Lipinski definition) is 3. The fourth-order valence-electron chi connectivity index (χ4n) is 2.25. The molecule has 0 aliphatic heterocycles. The van der Waals surface area contributed by atoms with Gasteiger partial charge in [-0.1, -0.05) is 18.2 Å². The van der Waals surface area contributed by atoms with Gasteiger partial charge in [-0.05, 0) is 26.1 Å². The van der Waals surface area contributed by atoms with Crippen LogP contribution in [0.15, 0.2) is 41.1 Å². The SMILES string of the molecule is CNCCCc1ncc(-c2coc3ccccc23)[nH]1. The molecule has 3 rings (SSSR count). The number of benzene rings is 1. The minimum atomic E-state index is 0.906. The van der Waals surface area contributed by atoms with E-state index in [1.165, 1.54) is 0 Å². The van der Waals surface area contributed by atoms with Gasteiger partial charge in [-0.25, -0.2) is 4.98 Å². The first-order chi connectivity index (χ1) is 9.38. The number of nitrogens with zero attached hydrogens (tertiary/aromatic N) is 1. The van der Waals surface area contributed by atoms with Crippen LogP contribution in [-0.2, 0) is 6.42 Å². The Bertz CT molecular complexity index is 669. The first-order valence-electron chi connectivity index (χ1n) is 6.53. The molecule has 2 heterocycles. The fraction of sp³-hybridized carbons (Fsp3) is 0.267. The Morgan fingerprint density at radius 3 is 3.11 bits per heavy atom. The number of rotatable bonds is 5. The fourth-order valence-corrected chi connectivity index (χ4v) is 2.25. The second-order valence-corrected chi connectivity index (χ2v) is 4.60. The summed E-state index contributed by atoms with van der Waals surface area (Å²) < 4.78 is 5.55. The molecule has 0 saturated heterocycles. The van der Waals surface area contributed by atoms with Crippen LogP contribution >= 0.6 is 0 Å². The lowest BCUT2D eigenvalue weighted by atomic mass is 10.1. The first-order valence-corrected chi connectivity index (χ1v) is 6.53. The molecule has 0 radical (unpaired) electrons. The molecule has 0 amide bonds. The summed E-state index contributed by atoms with van der Waals surface area (Å²) in [6.45, 7) is 1.00. The Morgan fingerprint density at radius 1 is 1.32 bits per heavy atom. The van der Waals surface area contributed by atoms with Gasteiger partial charge < -0.3 is 14.7 Å². The number of H-pyrrole nitrogens is 1. The highest BCUT2D eigenvalue weighted by molar-refractivity contribution is 5.92. The lowest BCUT2D eigenvalue weighted by Crippen LogP contribution is -2.08. The Morgan fingerprint density at radius 2 is 2.21 bits per heavy atom. The van der Waals surface area contributed by atoms with Crippen LogP contribution in [-0.4, -0.2) is 23.6 Å². The second-order valence-electron chi connectivity index (χ2n) is 4.60. The van der Waals surface area contributed by atoms with E-state index in [4.69, 9.17) is 4.42 Å². The normalized spacial score (nSPS) is 11.2. The number of para-hydroxylation sites is 1. The Kier molecular flexibility index (Phi) is 3.33. The van der Waals surface area contributed by atoms with E-state index in [9.17, 15) is 0 Å².